The maximum absolute atomic E-state index is 9.91. The van der Waals surface area contributed by atoms with E-state index in [2.05, 4.69) is 57.9 Å². The van der Waals surface area contributed by atoms with Gasteiger partial charge in [-0.25, -0.2) is 0 Å². The van der Waals surface area contributed by atoms with Crippen LogP contribution < -0.4 is 0 Å². The number of para-hydroxylation sites is 3. The summed E-state index contributed by atoms with van der Waals surface area (Å²) in [4.78, 5) is 8.99. The first kappa shape index (κ1) is 24.1. The van der Waals surface area contributed by atoms with Crippen LogP contribution in [-0.4, -0.2) is 14.4 Å². The Hall–Kier alpha value is -6.12. The van der Waals surface area contributed by atoms with Crippen molar-refractivity contribution >= 4 is 60.3 Å². The van der Waals surface area contributed by atoms with Crippen molar-refractivity contribution in [2.24, 2.45) is 0 Å². The van der Waals surface area contributed by atoms with Crippen molar-refractivity contribution in [3.05, 3.63) is 162 Å². The minimum atomic E-state index is -2.61. The van der Waals surface area contributed by atoms with Crippen LogP contribution in [0.1, 0.15) is 34.6 Å². The molecular weight excluding hydrogens is 817 g/mol. The Morgan fingerprint density at radius 1 is 0.750 bits per heavy atom. The normalized spacial score (nSPS) is 14.5. The molecule has 0 aliphatic rings. The molecule has 0 atom stereocenters. The number of hydrogen-bond acceptors (Lipinski definition) is 4. The number of fused-ring (bicyclic) bond motifs is 12. The summed E-state index contributed by atoms with van der Waals surface area (Å²) in [5.41, 5.74) is 7.86. The van der Waals surface area contributed by atoms with Gasteiger partial charge in [0.15, 0.2) is 0 Å². The molecule has 4 aromatic heterocycles. The van der Waals surface area contributed by atoms with Gasteiger partial charge in [0.05, 0.1) is 33.9 Å². The van der Waals surface area contributed by atoms with Crippen LogP contribution in [0.2, 0.25) is 0 Å². The Labute approximate surface area is 326 Å². The third-order valence-corrected chi connectivity index (χ3v) is 9.11. The monoisotopic (exact) mass is 856 g/mol. The van der Waals surface area contributed by atoms with E-state index in [0.29, 0.717) is 16.7 Å². The molecule has 0 aliphatic heterocycles. The Balaban J connectivity index is 0.000000181. The van der Waals surface area contributed by atoms with E-state index in [4.69, 9.17) is 21.7 Å². The fourth-order valence-electron chi connectivity index (χ4n) is 6.76. The summed E-state index contributed by atoms with van der Waals surface area (Å²) in [6.07, 6.45) is 1.02. The second-order valence-electron chi connectivity index (χ2n) is 12.1. The minimum absolute atomic E-state index is 0. The molecule has 0 aliphatic carbocycles. The smallest absolute Gasteiger partial charge is 0.132 e. The Morgan fingerprint density at radius 3 is 2.35 bits per heavy atom. The summed E-state index contributed by atoms with van der Waals surface area (Å²) in [6, 6.07) is 46.4. The summed E-state index contributed by atoms with van der Waals surface area (Å²) in [6.45, 7) is -7.47. The number of benzene rings is 6. The zero-order valence-electron chi connectivity index (χ0n) is 36.2. The van der Waals surface area contributed by atoms with Crippen LogP contribution in [0.4, 0.5) is 0 Å². The summed E-state index contributed by atoms with van der Waals surface area (Å²) < 4.78 is 75.8. The van der Waals surface area contributed by atoms with Gasteiger partial charge in [-0.05, 0) is 65.6 Å². The molecule has 0 saturated carbocycles. The molecule has 10 aromatic rings. The molecule has 6 aromatic carbocycles. The maximum Gasteiger partial charge on any atom is 0.132 e. The molecule has 6 heteroatoms. The number of pyridine rings is 2. The summed E-state index contributed by atoms with van der Waals surface area (Å²) in [7, 11) is 0. The van der Waals surface area contributed by atoms with Gasteiger partial charge in [-0.15, -0.1) is 47.5 Å². The molecule has 0 bridgehead atoms. The molecule has 4 heterocycles. The average Bonchev–Trinajstić information content (AvgIpc) is 3.82. The second-order valence-corrected chi connectivity index (χ2v) is 12.1. The Morgan fingerprint density at radius 2 is 1.56 bits per heavy atom. The van der Waals surface area contributed by atoms with E-state index in [0.717, 1.165) is 72.0 Å². The van der Waals surface area contributed by atoms with E-state index in [1.807, 2.05) is 66.7 Å². The number of nitriles is 1. The Bertz CT molecular complexity index is 3350. The van der Waals surface area contributed by atoms with Gasteiger partial charge in [-0.2, -0.15) is 5.26 Å². The molecule has 0 spiro atoms. The van der Waals surface area contributed by atoms with Crippen molar-refractivity contribution in [1.29, 1.82) is 5.26 Å². The zero-order valence-corrected chi connectivity index (χ0v) is 29.5. The van der Waals surface area contributed by atoms with Gasteiger partial charge in [-0.1, -0.05) is 101 Å². The van der Waals surface area contributed by atoms with Gasteiger partial charge in [0.1, 0.15) is 5.58 Å². The molecule has 0 amide bonds. The molecule has 0 N–H and O–H groups in total. The number of nitrogens with zero attached hydrogens (tertiary/aromatic N) is 4. The third-order valence-electron chi connectivity index (χ3n) is 9.11. The summed E-state index contributed by atoms with van der Waals surface area (Å²) in [5.74, 6) is 0. The molecule has 52 heavy (non-hydrogen) atoms. The van der Waals surface area contributed by atoms with E-state index < -0.39 is 20.6 Å². The van der Waals surface area contributed by atoms with Gasteiger partial charge in [-0.3, -0.25) is 4.98 Å². The second kappa shape index (κ2) is 13.2. The number of rotatable bonds is 2. The van der Waals surface area contributed by atoms with Crippen LogP contribution in [0.3, 0.4) is 0 Å². The molecule has 10 rings (SSSR count). The van der Waals surface area contributed by atoms with Crippen molar-refractivity contribution < 1.29 is 36.9 Å². The molecule has 5 nitrogen and oxygen atoms in total. The number of aryl methyl sites for hydroxylation is 3. The predicted octanol–water partition coefficient (Wildman–Crippen LogP) is 11.5. The summed E-state index contributed by atoms with van der Waals surface area (Å²) in [5, 5.41) is 14.8. The van der Waals surface area contributed by atoms with Crippen LogP contribution in [0, 0.1) is 44.0 Å². The molecule has 0 fully saturated rings. The van der Waals surface area contributed by atoms with Gasteiger partial charge in [0.2, 0.25) is 0 Å². The SMILES string of the molecule is N#Cc1ccc2c(oc3c2c[c-]c2c3c3ccccc3n3c4ccccc4nc23)c1-c1ccccc1.[2H]C([2H])([2H])c1c[c-]c(-c2cc(C([2H])([2H])[2H])c(C([2H])([2H])[2H])cn2)cc1.[Ir]. The fourth-order valence-corrected chi connectivity index (χ4v) is 6.76. The van der Waals surface area contributed by atoms with Crippen LogP contribution in [0.25, 0.3) is 82.7 Å². The third kappa shape index (κ3) is 5.34. The number of furan rings is 1. The van der Waals surface area contributed by atoms with E-state index in [9.17, 15) is 5.26 Å². The average molecular weight is 856 g/mol. The predicted molar refractivity (Wildman–Crippen MR) is 207 cm³/mol. The quantitative estimate of drug-likeness (QED) is 0.128. The topological polar surface area (TPSA) is 67.1 Å². The van der Waals surface area contributed by atoms with Gasteiger partial charge < -0.3 is 13.8 Å². The van der Waals surface area contributed by atoms with Gasteiger partial charge in [0, 0.05) is 49.7 Å². The molecular formula is C46H30IrN4O-2. The fraction of sp³-hybridized carbons (Fsp3) is 0.0652. The molecule has 1 radical (unpaired) electrons. The standard InChI is InChI=1S/C32H16N3O.C14H14N.Ir/c33-18-20-14-15-21-22-16-17-24-29(31(22)36-30(21)28(20)19-8-2-1-3-9-19)23-10-4-6-12-26(23)35-27-13-7-5-11-25(27)34-32(24)35;1-10-4-6-13(7-5-10)14-8-11(2)12(3)9-15-14;/h1-16H;4-6,8-9H,1-3H3;/q2*-1;/i;1D3,2D3,3D3;. The van der Waals surface area contributed by atoms with E-state index in [1.165, 1.54) is 24.3 Å². The van der Waals surface area contributed by atoms with Crippen molar-refractivity contribution in [3.63, 3.8) is 0 Å². The molecule has 0 saturated heterocycles. The largest absolute Gasteiger partial charge is 0.475 e. The van der Waals surface area contributed by atoms with Crippen molar-refractivity contribution in [3.8, 4) is 28.5 Å². The van der Waals surface area contributed by atoms with E-state index in [1.54, 1.807) is 0 Å². The minimum Gasteiger partial charge on any atom is -0.475 e. The summed E-state index contributed by atoms with van der Waals surface area (Å²) >= 11 is 0. The van der Waals surface area contributed by atoms with Crippen LogP contribution in [0.5, 0.6) is 0 Å². The van der Waals surface area contributed by atoms with Crippen LogP contribution in [-0.2, 0) is 20.1 Å². The first-order chi connectivity index (χ1) is 28.6. The van der Waals surface area contributed by atoms with Crippen molar-refractivity contribution in [2.45, 2.75) is 20.6 Å². The van der Waals surface area contributed by atoms with Crippen molar-refractivity contribution in [1.82, 2.24) is 14.4 Å². The van der Waals surface area contributed by atoms with E-state index in [-0.39, 0.29) is 42.5 Å². The Kier molecular flexibility index (Phi) is 6.13. The molecule has 0 unspecified atom stereocenters. The van der Waals surface area contributed by atoms with Crippen LogP contribution in [0.15, 0.2) is 132 Å². The number of hydrogen-bond donors (Lipinski definition) is 0. The zero-order chi connectivity index (χ0) is 42.1. The van der Waals surface area contributed by atoms with Gasteiger partial charge in [0.25, 0.3) is 0 Å². The van der Waals surface area contributed by atoms with Crippen molar-refractivity contribution in [2.75, 3.05) is 0 Å². The van der Waals surface area contributed by atoms with Crippen LogP contribution >= 0.6 is 0 Å². The van der Waals surface area contributed by atoms with Gasteiger partial charge >= 0.3 is 0 Å². The maximum atomic E-state index is 9.91. The first-order valence-electron chi connectivity index (χ1n) is 20.6. The van der Waals surface area contributed by atoms with E-state index >= 15 is 0 Å². The number of aromatic nitrogens is 3. The molecule has 251 valence electrons. The first-order valence-corrected chi connectivity index (χ1v) is 16.1. The number of imidazole rings is 1.